The maximum absolute atomic E-state index is 10.6. The second-order valence-corrected chi connectivity index (χ2v) is 6.15. The molecule has 0 amide bonds. The van der Waals surface area contributed by atoms with Crippen LogP contribution in [0.1, 0.15) is 30.3 Å². The molecule has 1 atom stereocenters. The second kappa shape index (κ2) is 6.55. The van der Waals surface area contributed by atoms with Gasteiger partial charge in [0.25, 0.3) is 0 Å². The van der Waals surface area contributed by atoms with Gasteiger partial charge in [0.1, 0.15) is 12.1 Å². The minimum absolute atomic E-state index is 0.0615. The summed E-state index contributed by atoms with van der Waals surface area (Å²) >= 11 is 1.46. The lowest BCUT2D eigenvalue weighted by atomic mass is 10.0. The number of aromatic hydroxyl groups is 1. The summed E-state index contributed by atoms with van der Waals surface area (Å²) in [7, 11) is 1.66. The molecule has 2 heterocycles. The molecular weight excluding hydrogens is 312 g/mol. The zero-order valence-corrected chi connectivity index (χ0v) is 14.2. The lowest BCUT2D eigenvalue weighted by Crippen LogP contribution is -2.28. The highest BCUT2D eigenvalue weighted by Crippen LogP contribution is 2.40. The first-order chi connectivity index (χ1) is 11.2. The van der Waals surface area contributed by atoms with Crippen LogP contribution in [0.15, 0.2) is 30.6 Å². The number of rotatable bonds is 6. The molecule has 0 spiro atoms. The summed E-state index contributed by atoms with van der Waals surface area (Å²) in [5.74, 6) is 0.959. The van der Waals surface area contributed by atoms with Gasteiger partial charge in [-0.3, -0.25) is 4.90 Å². The molecule has 7 heteroatoms. The third-order valence-corrected chi connectivity index (χ3v) is 5.06. The van der Waals surface area contributed by atoms with Crippen LogP contribution in [0.2, 0.25) is 0 Å². The number of nitrogens with zero attached hydrogens (tertiary/aromatic N) is 4. The van der Waals surface area contributed by atoms with Crippen LogP contribution in [-0.4, -0.2) is 44.8 Å². The molecular formula is C16H20N4O2S. The first-order valence-corrected chi connectivity index (χ1v) is 8.40. The number of methoxy groups -OCH3 is 1. The Balaban J connectivity index is 2.14. The molecule has 0 bridgehead atoms. The third-order valence-electron chi connectivity index (χ3n) is 3.97. The molecule has 0 aliphatic heterocycles. The Kier molecular flexibility index (Phi) is 4.49. The molecule has 0 saturated heterocycles. The summed E-state index contributed by atoms with van der Waals surface area (Å²) in [6.07, 6.45) is 1.45. The van der Waals surface area contributed by atoms with Crippen LogP contribution in [-0.2, 0) is 0 Å². The Morgan fingerprint density at radius 2 is 2.13 bits per heavy atom. The topological polar surface area (TPSA) is 62.9 Å². The fraction of sp³-hybridized carbons (Fsp3) is 0.375. The van der Waals surface area contributed by atoms with E-state index in [1.807, 2.05) is 18.2 Å². The molecule has 0 aliphatic carbocycles. The van der Waals surface area contributed by atoms with Gasteiger partial charge in [-0.2, -0.15) is 9.61 Å². The summed E-state index contributed by atoms with van der Waals surface area (Å²) in [6.45, 7) is 5.96. The maximum Gasteiger partial charge on any atom is 0.230 e. The standard InChI is InChI=1S/C16H20N4O2S/c1-4-19(5-2)13(11-7-6-8-12(9-11)22-3)14-15(21)20-16(23-14)17-10-18-20/h6-10,13,21H,4-5H2,1-3H3. The van der Waals surface area contributed by atoms with Crippen LogP contribution in [0.5, 0.6) is 11.6 Å². The molecule has 6 nitrogen and oxygen atoms in total. The van der Waals surface area contributed by atoms with Crippen LogP contribution in [0.3, 0.4) is 0 Å². The van der Waals surface area contributed by atoms with E-state index < -0.39 is 0 Å². The van der Waals surface area contributed by atoms with E-state index in [0.29, 0.717) is 4.96 Å². The van der Waals surface area contributed by atoms with Crippen LogP contribution in [0.4, 0.5) is 0 Å². The minimum atomic E-state index is -0.0615. The molecule has 1 aromatic carbocycles. The van der Waals surface area contributed by atoms with Crippen LogP contribution in [0, 0.1) is 0 Å². The number of benzene rings is 1. The Bertz CT molecular complexity index is 794. The third kappa shape index (κ3) is 2.77. The highest BCUT2D eigenvalue weighted by Gasteiger charge is 2.27. The van der Waals surface area contributed by atoms with E-state index in [4.69, 9.17) is 4.74 Å². The number of fused-ring (bicyclic) bond motifs is 1. The molecule has 0 saturated carbocycles. The van der Waals surface area contributed by atoms with Gasteiger partial charge in [0.05, 0.1) is 18.0 Å². The van der Waals surface area contributed by atoms with E-state index in [0.717, 1.165) is 29.3 Å². The average Bonchev–Trinajstić information content (AvgIpc) is 3.16. The van der Waals surface area contributed by atoms with E-state index in [1.165, 1.54) is 22.2 Å². The molecule has 1 N–H and O–H groups in total. The van der Waals surface area contributed by atoms with Crippen molar-refractivity contribution < 1.29 is 9.84 Å². The van der Waals surface area contributed by atoms with Gasteiger partial charge in [0.15, 0.2) is 0 Å². The Morgan fingerprint density at radius 1 is 1.35 bits per heavy atom. The number of hydrogen-bond donors (Lipinski definition) is 1. The van der Waals surface area contributed by atoms with Gasteiger partial charge in [0.2, 0.25) is 10.8 Å². The summed E-state index contributed by atoms with van der Waals surface area (Å²) in [4.78, 5) is 8.02. The normalized spacial score (nSPS) is 12.9. The average molecular weight is 332 g/mol. The molecule has 2 aromatic heterocycles. The van der Waals surface area contributed by atoms with E-state index in [9.17, 15) is 5.11 Å². The van der Waals surface area contributed by atoms with Crippen LogP contribution < -0.4 is 4.74 Å². The summed E-state index contributed by atoms with van der Waals surface area (Å²) in [5, 5.41) is 14.7. The van der Waals surface area contributed by atoms with Crippen LogP contribution in [0.25, 0.3) is 4.96 Å². The largest absolute Gasteiger partial charge is 0.497 e. The fourth-order valence-corrected chi connectivity index (χ4v) is 3.89. The smallest absolute Gasteiger partial charge is 0.230 e. The summed E-state index contributed by atoms with van der Waals surface area (Å²) < 4.78 is 6.84. The van der Waals surface area contributed by atoms with Gasteiger partial charge in [0, 0.05) is 0 Å². The molecule has 23 heavy (non-hydrogen) atoms. The first-order valence-electron chi connectivity index (χ1n) is 7.59. The predicted octanol–water partition coefficient (Wildman–Crippen LogP) is 2.94. The quantitative estimate of drug-likeness (QED) is 0.752. The monoisotopic (exact) mass is 332 g/mol. The Hall–Kier alpha value is -2.12. The summed E-state index contributed by atoms with van der Waals surface area (Å²) in [5.41, 5.74) is 1.08. The van der Waals surface area contributed by atoms with Crippen molar-refractivity contribution in [2.45, 2.75) is 19.9 Å². The van der Waals surface area contributed by atoms with Crippen molar-refractivity contribution in [2.75, 3.05) is 20.2 Å². The van der Waals surface area contributed by atoms with Crippen molar-refractivity contribution in [1.82, 2.24) is 19.5 Å². The van der Waals surface area contributed by atoms with Crippen molar-refractivity contribution in [3.05, 3.63) is 41.0 Å². The molecule has 122 valence electrons. The summed E-state index contributed by atoms with van der Waals surface area (Å²) in [6, 6.07) is 7.90. The first kappa shape index (κ1) is 15.8. The van der Waals surface area contributed by atoms with E-state index in [2.05, 4.69) is 34.9 Å². The SMILES string of the molecule is CCN(CC)C(c1cccc(OC)c1)c1sc2ncnn2c1O. The Labute approximate surface area is 139 Å². The molecule has 3 rings (SSSR count). The van der Waals surface area contributed by atoms with Crippen molar-refractivity contribution in [3.63, 3.8) is 0 Å². The van der Waals surface area contributed by atoms with E-state index in [1.54, 1.807) is 7.11 Å². The number of aromatic nitrogens is 3. The van der Waals surface area contributed by atoms with E-state index >= 15 is 0 Å². The Morgan fingerprint density at radius 3 is 2.78 bits per heavy atom. The van der Waals surface area contributed by atoms with Gasteiger partial charge < -0.3 is 9.84 Å². The van der Waals surface area contributed by atoms with Gasteiger partial charge in [-0.05, 0) is 30.8 Å². The zero-order chi connectivity index (χ0) is 16.4. The lowest BCUT2D eigenvalue weighted by Gasteiger charge is -2.29. The highest BCUT2D eigenvalue weighted by molar-refractivity contribution is 7.17. The lowest BCUT2D eigenvalue weighted by molar-refractivity contribution is 0.247. The predicted molar refractivity (Wildman–Crippen MR) is 90.3 cm³/mol. The van der Waals surface area contributed by atoms with Crippen LogP contribution >= 0.6 is 11.3 Å². The molecule has 0 radical (unpaired) electrons. The molecule has 1 unspecified atom stereocenters. The van der Waals surface area contributed by atoms with E-state index in [-0.39, 0.29) is 11.9 Å². The van der Waals surface area contributed by atoms with Crippen molar-refractivity contribution in [2.24, 2.45) is 0 Å². The molecule has 3 aromatic rings. The van der Waals surface area contributed by atoms with Crippen molar-refractivity contribution in [1.29, 1.82) is 0 Å². The van der Waals surface area contributed by atoms with Gasteiger partial charge in [-0.15, -0.1) is 0 Å². The van der Waals surface area contributed by atoms with Crippen molar-refractivity contribution in [3.8, 4) is 11.6 Å². The fourth-order valence-electron chi connectivity index (χ4n) is 2.80. The number of hydrogen-bond acceptors (Lipinski definition) is 6. The van der Waals surface area contributed by atoms with Crippen molar-refractivity contribution >= 4 is 16.3 Å². The maximum atomic E-state index is 10.6. The molecule has 0 fully saturated rings. The zero-order valence-electron chi connectivity index (χ0n) is 13.4. The highest BCUT2D eigenvalue weighted by atomic mass is 32.1. The number of thiazole rings is 1. The number of ether oxygens (including phenoxy) is 1. The molecule has 0 aliphatic rings. The van der Waals surface area contributed by atoms with Gasteiger partial charge >= 0.3 is 0 Å². The van der Waals surface area contributed by atoms with Gasteiger partial charge in [-0.1, -0.05) is 37.3 Å². The van der Waals surface area contributed by atoms with Gasteiger partial charge in [-0.25, -0.2) is 4.98 Å². The minimum Gasteiger partial charge on any atom is -0.497 e. The second-order valence-electron chi connectivity index (χ2n) is 5.14.